The number of nitrogens with zero attached hydrogens (tertiary/aromatic N) is 5. The van der Waals surface area contributed by atoms with Crippen molar-refractivity contribution >= 4 is 34.3 Å². The molecule has 0 bridgehead atoms. The second-order valence-electron chi connectivity index (χ2n) is 9.32. The molecule has 1 unspecified atom stereocenters. The van der Waals surface area contributed by atoms with Crippen LogP contribution in [0.5, 0.6) is 0 Å². The lowest BCUT2D eigenvalue weighted by Gasteiger charge is -2.50. The Bertz CT molecular complexity index is 1150. The Kier molecular flexibility index (Phi) is 4.84. The zero-order chi connectivity index (χ0) is 22.7. The zero-order valence-electron chi connectivity index (χ0n) is 18.7. The number of anilines is 3. The molecule has 1 atom stereocenters. The maximum Gasteiger partial charge on any atom is 0.322 e. The summed E-state index contributed by atoms with van der Waals surface area (Å²) in [5, 5.41) is 13.0. The van der Waals surface area contributed by atoms with Crippen LogP contribution >= 0.6 is 0 Å². The lowest BCUT2D eigenvalue weighted by Crippen LogP contribution is -2.57. The van der Waals surface area contributed by atoms with Crippen molar-refractivity contribution in [3.05, 3.63) is 35.5 Å². The highest BCUT2D eigenvalue weighted by molar-refractivity contribution is 7.85. The van der Waals surface area contributed by atoms with E-state index in [4.69, 9.17) is 9.97 Å². The minimum absolute atomic E-state index is 0.0799. The fourth-order valence-corrected chi connectivity index (χ4v) is 6.86. The van der Waals surface area contributed by atoms with Gasteiger partial charge in [-0.05, 0) is 31.7 Å². The number of para-hydroxylation sites is 1. The van der Waals surface area contributed by atoms with Gasteiger partial charge in [0.2, 0.25) is 5.95 Å². The zero-order valence-corrected chi connectivity index (χ0v) is 19.5. The third-order valence-corrected chi connectivity index (χ3v) is 9.01. The summed E-state index contributed by atoms with van der Waals surface area (Å²) in [4.78, 5) is 28.9. The third-order valence-electron chi connectivity index (χ3n) is 7.56. The Hall–Kier alpha value is -2.72. The van der Waals surface area contributed by atoms with Crippen LogP contribution in [-0.4, -0.2) is 68.9 Å². The maximum atomic E-state index is 12.7. The first-order valence-corrected chi connectivity index (χ1v) is 12.9. The third kappa shape index (κ3) is 3.22. The number of nitrogens with one attached hydrogen (secondary N) is 1. The van der Waals surface area contributed by atoms with E-state index in [0.717, 1.165) is 42.6 Å². The monoisotopic (exact) mass is 468 g/mol. The summed E-state index contributed by atoms with van der Waals surface area (Å²) in [5.74, 6) is 1.83. The number of piperidine rings is 1. The van der Waals surface area contributed by atoms with Crippen LogP contribution in [0.15, 0.2) is 29.2 Å². The molecule has 1 saturated carbocycles. The fraction of sp³-hybridized carbons (Fsp3) is 0.522. The van der Waals surface area contributed by atoms with Crippen LogP contribution in [0.4, 0.5) is 22.2 Å². The van der Waals surface area contributed by atoms with Gasteiger partial charge in [0.25, 0.3) is 0 Å². The Balaban J connectivity index is 1.33. The molecule has 9 nitrogen and oxygen atoms in total. The van der Waals surface area contributed by atoms with E-state index in [-0.39, 0.29) is 24.3 Å². The number of hydrogen-bond acceptors (Lipinski definition) is 7. The van der Waals surface area contributed by atoms with E-state index >= 15 is 0 Å². The average molecular weight is 469 g/mol. The number of fused-ring (bicyclic) bond motifs is 3. The quantitative estimate of drug-likeness (QED) is 0.662. The van der Waals surface area contributed by atoms with Crippen molar-refractivity contribution in [3.63, 3.8) is 0 Å². The number of urea groups is 1. The van der Waals surface area contributed by atoms with Crippen molar-refractivity contribution in [2.45, 2.75) is 48.6 Å². The molecule has 2 amide bonds. The molecule has 10 heteroatoms. The largest absolute Gasteiger partial charge is 0.376 e. The SMILES string of the molecule is CN1C(=O)Nc2ccccc2C12CCN(c1nc3c(c(N(CO)C4CC4)n1)S(=O)CC3)CC2. The summed E-state index contributed by atoms with van der Waals surface area (Å²) in [6.45, 7) is 1.27. The predicted octanol–water partition coefficient (Wildman–Crippen LogP) is 2.03. The molecular weight excluding hydrogens is 440 g/mol. The lowest BCUT2D eigenvalue weighted by molar-refractivity contribution is 0.113. The molecule has 1 spiro atoms. The van der Waals surface area contributed by atoms with Gasteiger partial charge < -0.3 is 25.1 Å². The van der Waals surface area contributed by atoms with Crippen molar-refractivity contribution in [3.8, 4) is 0 Å². The van der Waals surface area contributed by atoms with Gasteiger partial charge in [-0.3, -0.25) is 4.21 Å². The Morgan fingerprint density at radius 1 is 1.24 bits per heavy atom. The maximum absolute atomic E-state index is 12.7. The molecule has 2 N–H and O–H groups in total. The molecular formula is C23H28N6O3S. The average Bonchev–Trinajstić information content (AvgIpc) is 3.60. The van der Waals surface area contributed by atoms with Crippen LogP contribution in [-0.2, 0) is 22.8 Å². The van der Waals surface area contributed by atoms with E-state index in [2.05, 4.69) is 16.3 Å². The van der Waals surface area contributed by atoms with Gasteiger partial charge in [-0.2, -0.15) is 4.98 Å². The van der Waals surface area contributed by atoms with Crippen molar-refractivity contribution < 1.29 is 14.1 Å². The van der Waals surface area contributed by atoms with Crippen molar-refractivity contribution in [1.29, 1.82) is 0 Å². The highest BCUT2D eigenvalue weighted by Crippen LogP contribution is 2.45. The van der Waals surface area contributed by atoms with Gasteiger partial charge in [-0.1, -0.05) is 18.2 Å². The smallest absolute Gasteiger partial charge is 0.322 e. The standard InChI is InChI=1S/C23H28N6O3S/c1-27-22(31)25-17-5-3-2-4-16(17)23(27)9-11-28(12-10-23)21-24-18-8-13-33(32)19(18)20(26-21)29(14-30)15-6-7-15/h2-5,15,30H,6-14H2,1H3,(H,25,31). The minimum atomic E-state index is -1.12. The predicted molar refractivity (Wildman–Crippen MR) is 126 cm³/mol. The van der Waals surface area contributed by atoms with Crippen molar-refractivity contribution in [2.75, 3.05) is 47.7 Å². The molecule has 0 radical (unpaired) electrons. The van der Waals surface area contributed by atoms with Crippen LogP contribution in [0.1, 0.15) is 36.9 Å². The Morgan fingerprint density at radius 3 is 2.73 bits per heavy atom. The molecule has 1 aromatic carbocycles. The number of aryl methyl sites for hydroxylation is 1. The first-order chi connectivity index (χ1) is 16.0. The molecule has 1 saturated heterocycles. The van der Waals surface area contributed by atoms with Gasteiger partial charge in [-0.25, -0.2) is 9.78 Å². The molecule has 1 aliphatic carbocycles. The number of carbonyl (C=O) groups is 1. The molecule has 4 heterocycles. The van der Waals surface area contributed by atoms with Gasteiger partial charge in [-0.15, -0.1) is 0 Å². The summed E-state index contributed by atoms with van der Waals surface area (Å²) in [6, 6.07) is 8.22. The summed E-state index contributed by atoms with van der Waals surface area (Å²) < 4.78 is 12.7. The molecule has 2 aromatic rings. The van der Waals surface area contributed by atoms with E-state index in [1.807, 2.05) is 35.0 Å². The molecule has 6 rings (SSSR count). The first-order valence-electron chi connectivity index (χ1n) is 11.6. The summed E-state index contributed by atoms with van der Waals surface area (Å²) >= 11 is 0. The fourth-order valence-electron chi connectivity index (χ4n) is 5.50. The molecule has 33 heavy (non-hydrogen) atoms. The summed E-state index contributed by atoms with van der Waals surface area (Å²) in [6.07, 6.45) is 4.23. The molecule has 4 aliphatic rings. The molecule has 174 valence electrons. The molecule has 1 aromatic heterocycles. The topological polar surface area (TPSA) is 102 Å². The highest BCUT2D eigenvalue weighted by atomic mass is 32.2. The lowest BCUT2D eigenvalue weighted by atomic mass is 9.77. The number of rotatable bonds is 4. The van der Waals surface area contributed by atoms with E-state index in [1.54, 1.807) is 0 Å². The number of carbonyl (C=O) groups excluding carboxylic acids is 1. The van der Waals surface area contributed by atoms with Crippen LogP contribution in [0.25, 0.3) is 0 Å². The summed E-state index contributed by atoms with van der Waals surface area (Å²) in [5.41, 5.74) is 2.52. The first kappa shape index (κ1) is 20.9. The number of aromatic nitrogens is 2. The van der Waals surface area contributed by atoms with Crippen LogP contribution in [0, 0.1) is 0 Å². The van der Waals surface area contributed by atoms with Crippen LogP contribution in [0.3, 0.4) is 0 Å². The van der Waals surface area contributed by atoms with Gasteiger partial charge in [0.1, 0.15) is 11.6 Å². The van der Waals surface area contributed by atoms with Crippen LogP contribution in [0.2, 0.25) is 0 Å². The van der Waals surface area contributed by atoms with E-state index < -0.39 is 10.8 Å². The van der Waals surface area contributed by atoms with E-state index in [9.17, 15) is 14.1 Å². The normalized spacial score (nSPS) is 23.3. The van der Waals surface area contributed by atoms with Gasteiger partial charge in [0.05, 0.1) is 22.0 Å². The molecule has 2 fully saturated rings. The highest BCUT2D eigenvalue weighted by Gasteiger charge is 2.47. The van der Waals surface area contributed by atoms with Crippen molar-refractivity contribution in [1.82, 2.24) is 14.9 Å². The number of aliphatic hydroxyl groups is 1. The van der Waals surface area contributed by atoms with Crippen molar-refractivity contribution in [2.24, 2.45) is 0 Å². The second kappa shape index (κ2) is 7.66. The number of hydrogen-bond donors (Lipinski definition) is 2. The minimum Gasteiger partial charge on any atom is -0.376 e. The second-order valence-corrected chi connectivity index (χ2v) is 10.8. The summed E-state index contributed by atoms with van der Waals surface area (Å²) in [7, 11) is 0.747. The van der Waals surface area contributed by atoms with Gasteiger partial charge in [0.15, 0.2) is 5.82 Å². The Morgan fingerprint density at radius 2 is 2.00 bits per heavy atom. The van der Waals surface area contributed by atoms with E-state index in [1.165, 1.54) is 0 Å². The van der Waals surface area contributed by atoms with Gasteiger partial charge in [0, 0.05) is 49.6 Å². The number of aliphatic hydroxyl groups excluding tert-OH is 1. The molecule has 3 aliphatic heterocycles. The van der Waals surface area contributed by atoms with Crippen LogP contribution < -0.4 is 15.1 Å². The van der Waals surface area contributed by atoms with E-state index in [0.29, 0.717) is 41.9 Å². The Labute approximate surface area is 195 Å². The number of benzene rings is 1. The van der Waals surface area contributed by atoms with Gasteiger partial charge >= 0.3 is 6.03 Å². The number of amides is 2.